The summed E-state index contributed by atoms with van der Waals surface area (Å²) in [5.41, 5.74) is 0.711. The van der Waals surface area contributed by atoms with E-state index in [0.717, 1.165) is 11.8 Å². The summed E-state index contributed by atoms with van der Waals surface area (Å²) in [6.45, 7) is 2.30. The molecule has 0 aromatic heterocycles. The molecule has 21 heavy (non-hydrogen) atoms. The van der Waals surface area contributed by atoms with Crippen LogP contribution in [-0.2, 0) is 0 Å². The molecule has 2 bridgehead atoms. The van der Waals surface area contributed by atoms with Gasteiger partial charge in [-0.3, -0.25) is 0 Å². The lowest BCUT2D eigenvalue weighted by atomic mass is 9.71. The summed E-state index contributed by atoms with van der Waals surface area (Å²) in [5.74, 6) is 2.16. The molecule has 2 aliphatic rings. The first kappa shape index (κ1) is 17.8. The van der Waals surface area contributed by atoms with E-state index in [2.05, 4.69) is 22.9 Å². The number of hydrogen-bond acceptors (Lipinski definition) is 0. The minimum absolute atomic E-state index is 0.711. The van der Waals surface area contributed by atoms with Crippen molar-refractivity contribution in [3.05, 3.63) is 0 Å². The van der Waals surface area contributed by atoms with Gasteiger partial charge in [0.1, 0.15) is 0 Å². The summed E-state index contributed by atoms with van der Waals surface area (Å²) in [6.07, 6.45) is 22.4. The molecular weight excluding hydrogens is 320 g/mol. The molecule has 124 valence electrons. The number of fused-ring (bicyclic) bond motifs is 2. The minimum Gasteiger partial charge on any atom is -0.0922 e. The van der Waals surface area contributed by atoms with Crippen LogP contribution in [0, 0.1) is 17.3 Å². The number of hydrogen-bond donors (Lipinski definition) is 0. The van der Waals surface area contributed by atoms with Crippen molar-refractivity contribution in [1.82, 2.24) is 0 Å². The fourth-order valence-electron chi connectivity index (χ4n) is 5.06. The Bertz CT molecular complexity index is 275. The van der Waals surface area contributed by atoms with Crippen LogP contribution in [0.1, 0.15) is 103 Å². The smallest absolute Gasteiger partial charge is 0.00907 e. The van der Waals surface area contributed by atoms with Crippen LogP contribution < -0.4 is 0 Å². The van der Waals surface area contributed by atoms with Gasteiger partial charge in [0.2, 0.25) is 0 Å². The Morgan fingerprint density at radius 1 is 0.857 bits per heavy atom. The highest BCUT2D eigenvalue weighted by Crippen LogP contribution is 2.58. The Balaban J connectivity index is 1.46. The van der Waals surface area contributed by atoms with E-state index in [4.69, 9.17) is 0 Å². The molecule has 2 aliphatic carbocycles. The van der Waals surface area contributed by atoms with Gasteiger partial charge in [0.15, 0.2) is 0 Å². The van der Waals surface area contributed by atoms with Gasteiger partial charge in [0.25, 0.3) is 0 Å². The topological polar surface area (TPSA) is 0 Å². The monoisotopic (exact) mass is 356 g/mol. The van der Waals surface area contributed by atoms with Gasteiger partial charge in [-0.1, -0.05) is 93.5 Å². The Labute approximate surface area is 142 Å². The molecule has 2 rings (SSSR count). The maximum absolute atomic E-state index is 3.86. The lowest BCUT2D eigenvalue weighted by Crippen LogP contribution is -2.29. The first-order valence-corrected chi connectivity index (χ1v) is 11.0. The van der Waals surface area contributed by atoms with E-state index in [1.54, 1.807) is 12.8 Å². The van der Waals surface area contributed by atoms with Gasteiger partial charge in [-0.25, -0.2) is 0 Å². The van der Waals surface area contributed by atoms with Crippen molar-refractivity contribution in [3.8, 4) is 0 Å². The molecule has 0 aromatic rings. The Morgan fingerprint density at radius 3 is 1.95 bits per heavy atom. The summed E-state index contributed by atoms with van der Waals surface area (Å²) >= 11 is 3.86. The van der Waals surface area contributed by atoms with Gasteiger partial charge >= 0.3 is 0 Å². The van der Waals surface area contributed by atoms with Gasteiger partial charge < -0.3 is 0 Å². The van der Waals surface area contributed by atoms with E-state index < -0.39 is 0 Å². The van der Waals surface area contributed by atoms with E-state index in [-0.39, 0.29) is 0 Å². The van der Waals surface area contributed by atoms with Crippen molar-refractivity contribution in [2.24, 2.45) is 17.3 Å². The average molecular weight is 357 g/mol. The van der Waals surface area contributed by atoms with Crippen LogP contribution in [0.25, 0.3) is 0 Å². The van der Waals surface area contributed by atoms with Crippen molar-refractivity contribution in [1.29, 1.82) is 0 Å². The van der Waals surface area contributed by atoms with Crippen molar-refractivity contribution < 1.29 is 0 Å². The maximum Gasteiger partial charge on any atom is 0.00907 e. The van der Waals surface area contributed by atoms with E-state index in [0.29, 0.717) is 5.41 Å². The summed E-state index contributed by atoms with van der Waals surface area (Å²) < 4.78 is 0. The summed E-state index contributed by atoms with van der Waals surface area (Å²) in [7, 11) is 0. The third-order valence-electron chi connectivity index (χ3n) is 6.40. The van der Waals surface area contributed by atoms with Crippen LogP contribution in [0.5, 0.6) is 0 Å². The zero-order valence-corrected chi connectivity index (χ0v) is 15.9. The molecule has 3 atom stereocenters. The lowest BCUT2D eigenvalue weighted by Gasteiger charge is -2.36. The quantitative estimate of drug-likeness (QED) is 0.250. The zero-order chi connectivity index (χ0) is 15.0. The number of rotatable bonds is 12. The first-order chi connectivity index (χ1) is 10.3. The van der Waals surface area contributed by atoms with Crippen molar-refractivity contribution in [3.63, 3.8) is 0 Å². The van der Waals surface area contributed by atoms with Crippen LogP contribution in [0.15, 0.2) is 0 Å². The zero-order valence-electron chi connectivity index (χ0n) is 14.3. The normalized spacial score (nSPS) is 31.1. The predicted octanol–water partition coefficient (Wildman–Crippen LogP) is 7.50. The molecule has 0 nitrogen and oxygen atoms in total. The van der Waals surface area contributed by atoms with Crippen LogP contribution in [-0.4, -0.2) is 5.33 Å². The second-order valence-corrected chi connectivity index (χ2v) is 8.57. The third-order valence-corrected chi connectivity index (χ3v) is 7.51. The fraction of sp³-hybridized carbons (Fsp3) is 1.00. The molecule has 0 aliphatic heterocycles. The Hall–Kier alpha value is 0.480. The molecule has 0 amide bonds. The van der Waals surface area contributed by atoms with E-state index in [1.165, 1.54) is 88.8 Å². The molecule has 0 saturated heterocycles. The molecule has 0 N–H and O–H groups in total. The highest BCUT2D eigenvalue weighted by atomic mass is 79.9. The van der Waals surface area contributed by atoms with Gasteiger partial charge in [-0.05, 0) is 42.9 Å². The molecular formula is C20H37Br. The van der Waals surface area contributed by atoms with Crippen LogP contribution in [0.3, 0.4) is 0 Å². The average Bonchev–Trinajstić information content (AvgIpc) is 3.10. The lowest BCUT2D eigenvalue weighted by molar-refractivity contribution is 0.175. The third kappa shape index (κ3) is 5.26. The van der Waals surface area contributed by atoms with Crippen LogP contribution in [0.4, 0.5) is 0 Å². The molecule has 0 spiro atoms. The Morgan fingerprint density at radius 2 is 1.48 bits per heavy atom. The van der Waals surface area contributed by atoms with Crippen molar-refractivity contribution >= 4 is 15.9 Å². The largest absolute Gasteiger partial charge is 0.0922 e. The highest BCUT2D eigenvalue weighted by molar-refractivity contribution is 9.09. The SMILES string of the molecule is CCCCCCCCCCCCC1(CBr)CC2CCC1C2. The first-order valence-electron chi connectivity index (χ1n) is 9.86. The van der Waals surface area contributed by atoms with Crippen molar-refractivity contribution in [2.45, 2.75) is 103 Å². The van der Waals surface area contributed by atoms with Gasteiger partial charge in [-0.15, -0.1) is 0 Å². The summed E-state index contributed by atoms with van der Waals surface area (Å²) in [5, 5.41) is 1.28. The molecule has 1 heteroatoms. The van der Waals surface area contributed by atoms with Gasteiger partial charge in [-0.2, -0.15) is 0 Å². The van der Waals surface area contributed by atoms with Gasteiger partial charge in [0, 0.05) is 5.33 Å². The molecule has 0 heterocycles. The van der Waals surface area contributed by atoms with E-state index in [1.807, 2.05) is 0 Å². The maximum atomic E-state index is 3.86. The highest BCUT2D eigenvalue weighted by Gasteiger charge is 2.49. The predicted molar refractivity (Wildman–Crippen MR) is 98.1 cm³/mol. The number of alkyl halides is 1. The molecule has 3 unspecified atom stereocenters. The summed E-state index contributed by atoms with van der Waals surface area (Å²) in [6, 6.07) is 0. The number of unbranched alkanes of at least 4 members (excludes halogenated alkanes) is 9. The minimum atomic E-state index is 0.711. The van der Waals surface area contributed by atoms with Gasteiger partial charge in [0.05, 0.1) is 0 Å². The second-order valence-electron chi connectivity index (χ2n) is 8.01. The standard InChI is InChI=1S/C20H37Br/c1-2-3-4-5-6-7-8-9-10-11-14-20(17-21)16-18-12-13-19(20)15-18/h18-19H,2-17H2,1H3. The van der Waals surface area contributed by atoms with E-state index in [9.17, 15) is 0 Å². The van der Waals surface area contributed by atoms with E-state index >= 15 is 0 Å². The van der Waals surface area contributed by atoms with Crippen LogP contribution >= 0.6 is 15.9 Å². The number of halogens is 1. The summed E-state index contributed by atoms with van der Waals surface area (Å²) in [4.78, 5) is 0. The van der Waals surface area contributed by atoms with Crippen molar-refractivity contribution in [2.75, 3.05) is 5.33 Å². The Kier molecular flexibility index (Phi) is 8.13. The molecule has 0 radical (unpaired) electrons. The molecule has 2 saturated carbocycles. The van der Waals surface area contributed by atoms with Crippen LogP contribution in [0.2, 0.25) is 0 Å². The molecule has 0 aromatic carbocycles. The second kappa shape index (κ2) is 9.58. The molecule has 2 fully saturated rings. The fourth-order valence-corrected chi connectivity index (χ4v) is 6.03.